The van der Waals surface area contributed by atoms with Crippen molar-refractivity contribution in [1.82, 2.24) is 0 Å². The third kappa shape index (κ3) is 8.80. The van der Waals surface area contributed by atoms with Crippen LogP contribution < -0.4 is 0 Å². The van der Waals surface area contributed by atoms with Crippen LogP contribution in [0.15, 0.2) is 12.3 Å². The number of hydrogen-bond acceptors (Lipinski definition) is 4. The van der Waals surface area contributed by atoms with Crippen LogP contribution in [0.2, 0.25) is 0 Å². The normalized spacial score (nSPS) is 12.4. The average Bonchev–Trinajstić information content (AvgIpc) is 2.20. The lowest BCUT2D eigenvalue weighted by molar-refractivity contribution is -0.149. The highest BCUT2D eigenvalue weighted by molar-refractivity contribution is 5.76. The number of hydrogen-bond donors (Lipinski definition) is 1. The number of esters is 1. The third-order valence-corrected chi connectivity index (χ3v) is 1.47. The Balaban J connectivity index is 3.57. The van der Waals surface area contributed by atoms with Crippen LogP contribution in [0.3, 0.4) is 0 Å². The van der Waals surface area contributed by atoms with Crippen LogP contribution in [0.5, 0.6) is 0 Å². The van der Waals surface area contributed by atoms with E-state index in [1.165, 1.54) is 6.26 Å². The Morgan fingerprint density at radius 3 is 2.60 bits per heavy atom. The van der Waals surface area contributed by atoms with Crippen LogP contribution in [0.1, 0.15) is 26.7 Å². The molecule has 1 atom stereocenters. The minimum Gasteiger partial charge on any atom is -0.495 e. The van der Waals surface area contributed by atoms with Gasteiger partial charge in [0.05, 0.1) is 19.1 Å². The van der Waals surface area contributed by atoms with Gasteiger partial charge in [-0.05, 0) is 13.8 Å². The summed E-state index contributed by atoms with van der Waals surface area (Å²) in [6.07, 6.45) is 2.70. The van der Waals surface area contributed by atoms with Crippen molar-refractivity contribution in [3.05, 3.63) is 12.3 Å². The summed E-state index contributed by atoms with van der Waals surface area (Å²) in [6.45, 7) is 3.69. The highest BCUT2D eigenvalue weighted by atomic mass is 16.6. The van der Waals surface area contributed by atoms with E-state index in [9.17, 15) is 9.59 Å². The zero-order chi connectivity index (χ0) is 11.7. The van der Waals surface area contributed by atoms with Crippen molar-refractivity contribution < 1.29 is 24.2 Å². The summed E-state index contributed by atoms with van der Waals surface area (Å²) in [5.41, 5.74) is 0. The molecule has 0 aliphatic heterocycles. The highest BCUT2D eigenvalue weighted by Crippen LogP contribution is 1.97. The van der Waals surface area contributed by atoms with Gasteiger partial charge in [-0.15, -0.1) is 0 Å². The summed E-state index contributed by atoms with van der Waals surface area (Å²) in [6, 6.07) is 0. The van der Waals surface area contributed by atoms with Crippen molar-refractivity contribution in [1.29, 1.82) is 0 Å². The lowest BCUT2D eigenvalue weighted by atomic mass is 10.3. The fraction of sp³-hybridized carbons (Fsp3) is 0.600. The maximum Gasteiger partial charge on any atom is 0.306 e. The Hall–Kier alpha value is -1.52. The minimum absolute atomic E-state index is 0.105. The molecule has 0 rings (SSSR count). The van der Waals surface area contributed by atoms with Gasteiger partial charge in [0.1, 0.15) is 12.7 Å². The number of rotatable bonds is 7. The van der Waals surface area contributed by atoms with Crippen molar-refractivity contribution in [3.8, 4) is 0 Å². The topological polar surface area (TPSA) is 72.8 Å². The van der Waals surface area contributed by atoms with E-state index >= 15 is 0 Å². The lowest BCUT2D eigenvalue weighted by Gasteiger charge is -2.11. The van der Waals surface area contributed by atoms with E-state index in [1.807, 2.05) is 6.92 Å². The van der Waals surface area contributed by atoms with Crippen molar-refractivity contribution in [3.63, 3.8) is 0 Å². The van der Waals surface area contributed by atoms with Crippen molar-refractivity contribution in [2.45, 2.75) is 32.8 Å². The first-order valence-corrected chi connectivity index (χ1v) is 4.70. The number of carboxylic acids is 1. The van der Waals surface area contributed by atoms with Gasteiger partial charge in [0, 0.05) is 0 Å². The number of ether oxygens (including phenoxy) is 2. The number of aliphatic carboxylic acids is 1. The van der Waals surface area contributed by atoms with Gasteiger partial charge >= 0.3 is 11.9 Å². The minimum atomic E-state index is -1.01. The summed E-state index contributed by atoms with van der Waals surface area (Å²) in [7, 11) is 0. The molecule has 0 radical (unpaired) electrons. The Morgan fingerprint density at radius 1 is 1.40 bits per heavy atom. The molecule has 0 spiro atoms. The second-order valence-corrected chi connectivity index (χ2v) is 2.99. The SMILES string of the molecule is CC=COC(C)COC(=O)CCC(=O)O. The predicted molar refractivity (Wildman–Crippen MR) is 53.2 cm³/mol. The molecule has 15 heavy (non-hydrogen) atoms. The molecule has 0 heterocycles. The van der Waals surface area contributed by atoms with Crippen LogP contribution in [-0.4, -0.2) is 29.8 Å². The van der Waals surface area contributed by atoms with Crippen LogP contribution in [0, 0.1) is 0 Å². The number of carbonyl (C=O) groups is 2. The summed E-state index contributed by atoms with van der Waals surface area (Å²) >= 11 is 0. The van der Waals surface area contributed by atoms with E-state index in [0.29, 0.717) is 0 Å². The van der Waals surface area contributed by atoms with Crippen LogP contribution >= 0.6 is 0 Å². The second-order valence-electron chi connectivity index (χ2n) is 2.99. The molecule has 0 amide bonds. The largest absolute Gasteiger partial charge is 0.495 e. The molecule has 0 aliphatic rings. The molecule has 0 aromatic heterocycles. The molecule has 0 bridgehead atoms. The van der Waals surface area contributed by atoms with E-state index in [4.69, 9.17) is 14.6 Å². The molecular formula is C10H16O5. The lowest BCUT2D eigenvalue weighted by Crippen LogP contribution is -2.17. The number of carbonyl (C=O) groups excluding carboxylic acids is 1. The molecule has 5 heteroatoms. The van der Waals surface area contributed by atoms with Gasteiger partial charge in [-0.25, -0.2) is 0 Å². The molecular weight excluding hydrogens is 200 g/mol. The summed E-state index contributed by atoms with van der Waals surface area (Å²) in [4.78, 5) is 21.1. The molecule has 0 aromatic rings. The molecule has 86 valence electrons. The van der Waals surface area contributed by atoms with E-state index < -0.39 is 11.9 Å². The van der Waals surface area contributed by atoms with Gasteiger partial charge < -0.3 is 14.6 Å². The Morgan fingerprint density at radius 2 is 2.07 bits per heavy atom. The van der Waals surface area contributed by atoms with Gasteiger partial charge in [0.15, 0.2) is 0 Å². The quantitative estimate of drug-likeness (QED) is 0.513. The first-order chi connectivity index (χ1) is 7.06. The fourth-order valence-corrected chi connectivity index (χ4v) is 0.743. The molecule has 0 saturated carbocycles. The van der Waals surface area contributed by atoms with Crippen molar-refractivity contribution >= 4 is 11.9 Å². The molecule has 0 saturated heterocycles. The highest BCUT2D eigenvalue weighted by Gasteiger charge is 2.08. The first-order valence-electron chi connectivity index (χ1n) is 4.70. The van der Waals surface area contributed by atoms with Crippen LogP contribution in [-0.2, 0) is 19.1 Å². The fourth-order valence-electron chi connectivity index (χ4n) is 0.743. The smallest absolute Gasteiger partial charge is 0.306 e. The Labute approximate surface area is 88.7 Å². The average molecular weight is 216 g/mol. The molecule has 0 aromatic carbocycles. The van der Waals surface area contributed by atoms with Crippen LogP contribution in [0.4, 0.5) is 0 Å². The zero-order valence-electron chi connectivity index (χ0n) is 8.93. The molecule has 1 unspecified atom stereocenters. The first kappa shape index (κ1) is 13.5. The van der Waals surface area contributed by atoms with Crippen molar-refractivity contribution in [2.24, 2.45) is 0 Å². The number of allylic oxidation sites excluding steroid dienone is 1. The summed E-state index contributed by atoms with van der Waals surface area (Å²) in [5.74, 6) is -1.53. The summed E-state index contributed by atoms with van der Waals surface area (Å²) < 4.78 is 9.88. The summed E-state index contributed by atoms with van der Waals surface area (Å²) in [5, 5.41) is 8.31. The maximum absolute atomic E-state index is 11.0. The standard InChI is InChI=1S/C10H16O5/c1-3-6-14-8(2)7-15-10(13)5-4-9(11)12/h3,6,8H,4-5,7H2,1-2H3,(H,11,12). The van der Waals surface area contributed by atoms with Gasteiger partial charge in [-0.2, -0.15) is 0 Å². The van der Waals surface area contributed by atoms with Gasteiger partial charge in [-0.3, -0.25) is 9.59 Å². The third-order valence-electron chi connectivity index (χ3n) is 1.47. The van der Waals surface area contributed by atoms with Crippen LogP contribution in [0.25, 0.3) is 0 Å². The molecule has 1 N–H and O–H groups in total. The Bertz CT molecular complexity index is 234. The van der Waals surface area contributed by atoms with Gasteiger partial charge in [0.25, 0.3) is 0 Å². The molecule has 0 fully saturated rings. The van der Waals surface area contributed by atoms with E-state index in [0.717, 1.165) is 0 Å². The zero-order valence-corrected chi connectivity index (χ0v) is 8.93. The number of carboxylic acid groups (broad SMARTS) is 1. The predicted octanol–water partition coefficient (Wildman–Crippen LogP) is 1.33. The monoisotopic (exact) mass is 216 g/mol. The molecule has 0 aliphatic carbocycles. The Kier molecular flexibility index (Phi) is 7.05. The van der Waals surface area contributed by atoms with Gasteiger partial charge in [-0.1, -0.05) is 6.08 Å². The molecule has 5 nitrogen and oxygen atoms in total. The van der Waals surface area contributed by atoms with E-state index in [2.05, 4.69) is 0 Å². The maximum atomic E-state index is 11.0. The van der Waals surface area contributed by atoms with Crippen molar-refractivity contribution in [2.75, 3.05) is 6.61 Å². The van der Waals surface area contributed by atoms with E-state index in [1.54, 1.807) is 13.0 Å². The van der Waals surface area contributed by atoms with Gasteiger partial charge in [0.2, 0.25) is 0 Å². The van der Waals surface area contributed by atoms with E-state index in [-0.39, 0.29) is 25.6 Å². The second kappa shape index (κ2) is 7.84.